The first-order valence-corrected chi connectivity index (χ1v) is 7.63. The van der Waals surface area contributed by atoms with Crippen LogP contribution in [0, 0.1) is 5.92 Å². The SMILES string of the molecule is CCC(C)COc1ccccc1NC(=O)c1cccnc1Cl. The zero-order valence-corrected chi connectivity index (χ0v) is 13.4. The molecule has 0 aliphatic rings. The van der Waals surface area contributed by atoms with Crippen LogP contribution in [0.15, 0.2) is 42.6 Å². The molecule has 0 radical (unpaired) electrons. The molecule has 1 heterocycles. The largest absolute Gasteiger partial charge is 0.491 e. The molecule has 116 valence electrons. The molecule has 0 saturated carbocycles. The molecule has 2 rings (SSSR count). The Labute approximate surface area is 135 Å². The van der Waals surface area contributed by atoms with Crippen LogP contribution in [-0.2, 0) is 0 Å². The fourth-order valence-electron chi connectivity index (χ4n) is 1.79. The van der Waals surface area contributed by atoms with Crippen LogP contribution in [0.4, 0.5) is 5.69 Å². The summed E-state index contributed by atoms with van der Waals surface area (Å²) in [7, 11) is 0. The number of nitrogens with zero attached hydrogens (tertiary/aromatic N) is 1. The molecule has 22 heavy (non-hydrogen) atoms. The number of hydrogen-bond acceptors (Lipinski definition) is 3. The third kappa shape index (κ3) is 4.21. The summed E-state index contributed by atoms with van der Waals surface area (Å²) in [5.41, 5.74) is 0.955. The third-order valence-electron chi connectivity index (χ3n) is 3.36. The second-order valence-electron chi connectivity index (χ2n) is 5.12. The minimum Gasteiger partial charge on any atom is -0.491 e. The Morgan fingerprint density at radius 3 is 2.82 bits per heavy atom. The number of hydrogen-bond donors (Lipinski definition) is 1. The lowest BCUT2D eigenvalue weighted by molar-refractivity contribution is 0.102. The van der Waals surface area contributed by atoms with Gasteiger partial charge in [0.25, 0.3) is 5.91 Å². The van der Waals surface area contributed by atoms with E-state index >= 15 is 0 Å². The van der Waals surface area contributed by atoms with Gasteiger partial charge >= 0.3 is 0 Å². The van der Waals surface area contributed by atoms with Gasteiger partial charge in [-0.3, -0.25) is 4.79 Å². The Hall–Kier alpha value is -2.07. The summed E-state index contributed by atoms with van der Waals surface area (Å²) < 4.78 is 5.79. The van der Waals surface area contributed by atoms with Gasteiger partial charge in [0.2, 0.25) is 0 Å². The monoisotopic (exact) mass is 318 g/mol. The van der Waals surface area contributed by atoms with Crippen molar-refractivity contribution in [2.45, 2.75) is 20.3 Å². The normalized spacial score (nSPS) is 11.8. The molecule has 1 aromatic carbocycles. The first-order chi connectivity index (χ1) is 10.6. The minimum absolute atomic E-state index is 0.179. The number of carbonyl (C=O) groups excluding carboxylic acids is 1. The van der Waals surface area contributed by atoms with E-state index in [1.54, 1.807) is 24.4 Å². The topological polar surface area (TPSA) is 51.2 Å². The average Bonchev–Trinajstić information content (AvgIpc) is 2.54. The first-order valence-electron chi connectivity index (χ1n) is 7.25. The van der Waals surface area contributed by atoms with Gasteiger partial charge in [-0.1, -0.05) is 44.0 Å². The van der Waals surface area contributed by atoms with Crippen molar-refractivity contribution in [2.75, 3.05) is 11.9 Å². The number of aromatic nitrogens is 1. The lowest BCUT2D eigenvalue weighted by Gasteiger charge is -2.15. The summed E-state index contributed by atoms with van der Waals surface area (Å²) in [5.74, 6) is 0.797. The van der Waals surface area contributed by atoms with E-state index in [1.807, 2.05) is 18.2 Å². The van der Waals surface area contributed by atoms with Crippen molar-refractivity contribution in [1.82, 2.24) is 4.98 Å². The lowest BCUT2D eigenvalue weighted by atomic mass is 10.1. The van der Waals surface area contributed by atoms with Crippen molar-refractivity contribution in [2.24, 2.45) is 5.92 Å². The minimum atomic E-state index is -0.308. The molecule has 0 aliphatic carbocycles. The van der Waals surface area contributed by atoms with E-state index in [0.717, 1.165) is 6.42 Å². The number of anilines is 1. The van der Waals surface area contributed by atoms with E-state index in [1.165, 1.54) is 0 Å². The van der Waals surface area contributed by atoms with Crippen LogP contribution in [-0.4, -0.2) is 17.5 Å². The fourth-order valence-corrected chi connectivity index (χ4v) is 2.00. The molecule has 1 N–H and O–H groups in total. The van der Waals surface area contributed by atoms with Gasteiger partial charge in [-0.05, 0) is 30.2 Å². The molecule has 1 aromatic heterocycles. The van der Waals surface area contributed by atoms with Crippen LogP contribution in [0.1, 0.15) is 30.6 Å². The molecule has 0 spiro atoms. The van der Waals surface area contributed by atoms with E-state index in [2.05, 4.69) is 24.1 Å². The van der Waals surface area contributed by atoms with Crippen molar-refractivity contribution in [1.29, 1.82) is 0 Å². The van der Waals surface area contributed by atoms with Crippen molar-refractivity contribution in [3.05, 3.63) is 53.3 Å². The van der Waals surface area contributed by atoms with E-state index in [4.69, 9.17) is 16.3 Å². The van der Waals surface area contributed by atoms with Crippen molar-refractivity contribution in [3.63, 3.8) is 0 Å². The maximum atomic E-state index is 12.3. The van der Waals surface area contributed by atoms with Gasteiger partial charge in [-0.2, -0.15) is 0 Å². The van der Waals surface area contributed by atoms with Crippen LogP contribution in [0.25, 0.3) is 0 Å². The molecular weight excluding hydrogens is 300 g/mol. The summed E-state index contributed by atoms with van der Waals surface area (Å²) in [6.07, 6.45) is 2.59. The van der Waals surface area contributed by atoms with E-state index < -0.39 is 0 Å². The quantitative estimate of drug-likeness (QED) is 0.802. The van der Waals surface area contributed by atoms with E-state index in [-0.39, 0.29) is 11.1 Å². The van der Waals surface area contributed by atoms with Crippen LogP contribution in [0.2, 0.25) is 5.15 Å². The number of nitrogens with one attached hydrogen (secondary N) is 1. The molecular formula is C17H19ClN2O2. The standard InChI is InChI=1S/C17H19ClN2O2/c1-3-12(2)11-22-15-9-5-4-8-14(15)20-17(21)13-7-6-10-19-16(13)18/h4-10,12H,3,11H2,1-2H3,(H,20,21). The molecule has 2 aromatic rings. The Balaban J connectivity index is 2.12. The molecule has 1 atom stereocenters. The zero-order valence-electron chi connectivity index (χ0n) is 12.7. The molecule has 0 bridgehead atoms. The van der Waals surface area contributed by atoms with Gasteiger partial charge in [0, 0.05) is 6.20 Å². The summed E-state index contributed by atoms with van der Waals surface area (Å²) >= 11 is 5.94. The van der Waals surface area contributed by atoms with Crippen molar-refractivity contribution in [3.8, 4) is 5.75 Å². The molecule has 1 amide bonds. The second kappa shape index (κ2) is 7.80. The summed E-state index contributed by atoms with van der Waals surface area (Å²) in [6, 6.07) is 10.7. The predicted octanol–water partition coefficient (Wildman–Crippen LogP) is 4.41. The van der Waals surface area contributed by atoms with Crippen LogP contribution in [0.5, 0.6) is 5.75 Å². The molecule has 4 nitrogen and oxygen atoms in total. The van der Waals surface area contributed by atoms with Crippen LogP contribution < -0.4 is 10.1 Å². The zero-order chi connectivity index (χ0) is 15.9. The highest BCUT2D eigenvalue weighted by Gasteiger charge is 2.13. The summed E-state index contributed by atoms with van der Waals surface area (Å²) in [4.78, 5) is 16.2. The van der Waals surface area contributed by atoms with Crippen LogP contribution >= 0.6 is 11.6 Å². The molecule has 0 fully saturated rings. The average molecular weight is 319 g/mol. The number of halogens is 1. The number of benzene rings is 1. The smallest absolute Gasteiger partial charge is 0.258 e. The number of carbonyl (C=O) groups is 1. The van der Waals surface area contributed by atoms with E-state index in [9.17, 15) is 4.79 Å². The van der Waals surface area contributed by atoms with Gasteiger partial charge in [0.1, 0.15) is 10.9 Å². The van der Waals surface area contributed by atoms with Gasteiger partial charge in [0.15, 0.2) is 0 Å². The Morgan fingerprint density at radius 2 is 2.09 bits per heavy atom. The highest BCUT2D eigenvalue weighted by molar-refractivity contribution is 6.33. The second-order valence-corrected chi connectivity index (χ2v) is 5.47. The molecule has 1 unspecified atom stereocenters. The maximum Gasteiger partial charge on any atom is 0.258 e. The number of ether oxygens (including phenoxy) is 1. The van der Waals surface area contributed by atoms with Crippen LogP contribution in [0.3, 0.4) is 0 Å². The van der Waals surface area contributed by atoms with Gasteiger partial charge in [-0.25, -0.2) is 4.98 Å². The van der Waals surface area contributed by atoms with Crippen molar-refractivity contribution < 1.29 is 9.53 Å². The Kier molecular flexibility index (Phi) is 5.78. The highest BCUT2D eigenvalue weighted by Crippen LogP contribution is 2.25. The number of para-hydroxylation sites is 2. The number of rotatable bonds is 6. The number of pyridine rings is 1. The molecule has 0 saturated heterocycles. The van der Waals surface area contributed by atoms with Crippen molar-refractivity contribution >= 4 is 23.2 Å². The maximum absolute atomic E-state index is 12.3. The third-order valence-corrected chi connectivity index (χ3v) is 3.66. The van der Waals surface area contributed by atoms with Gasteiger partial charge in [-0.15, -0.1) is 0 Å². The van der Waals surface area contributed by atoms with Gasteiger partial charge < -0.3 is 10.1 Å². The first kappa shape index (κ1) is 16.3. The van der Waals surface area contributed by atoms with E-state index in [0.29, 0.717) is 29.5 Å². The summed E-state index contributed by atoms with van der Waals surface area (Å²) in [6.45, 7) is 4.85. The molecule has 0 aliphatic heterocycles. The Bertz CT molecular complexity index is 646. The number of amides is 1. The fraction of sp³-hybridized carbons (Fsp3) is 0.294. The highest BCUT2D eigenvalue weighted by atomic mass is 35.5. The van der Waals surface area contributed by atoms with Gasteiger partial charge in [0.05, 0.1) is 17.9 Å². The Morgan fingerprint density at radius 1 is 1.32 bits per heavy atom. The predicted molar refractivity (Wildman–Crippen MR) is 88.6 cm³/mol. The molecule has 5 heteroatoms. The summed E-state index contributed by atoms with van der Waals surface area (Å²) in [5, 5.41) is 3.00. The lowest BCUT2D eigenvalue weighted by Crippen LogP contribution is -2.15.